The van der Waals surface area contributed by atoms with Crippen molar-refractivity contribution in [2.75, 3.05) is 0 Å². The summed E-state index contributed by atoms with van der Waals surface area (Å²) >= 11 is 0. The van der Waals surface area contributed by atoms with Crippen LogP contribution in [0, 0.1) is 0 Å². The van der Waals surface area contributed by atoms with Gasteiger partial charge in [0.25, 0.3) is 0 Å². The molecule has 0 aromatic carbocycles. The van der Waals surface area contributed by atoms with Gasteiger partial charge in [0.2, 0.25) is 0 Å². The Kier molecular flexibility index (Phi) is 3.11. The molecular formula is C14H18N4. The maximum absolute atomic E-state index is 4.24. The van der Waals surface area contributed by atoms with Crippen LogP contribution in [0.2, 0.25) is 0 Å². The van der Waals surface area contributed by atoms with Gasteiger partial charge in [0.15, 0.2) is 0 Å². The van der Waals surface area contributed by atoms with Crippen molar-refractivity contribution in [3.8, 4) is 0 Å². The van der Waals surface area contributed by atoms with Gasteiger partial charge in [0.1, 0.15) is 0 Å². The minimum absolute atomic E-state index is 0.307. The largest absolute Gasteiger partial charge is 0.330 e. The zero-order chi connectivity index (χ0) is 12.4. The molecule has 0 unspecified atom stereocenters. The number of nitrogens with zero attached hydrogens (tertiary/aromatic N) is 3. The molecule has 2 aromatic heterocycles. The summed E-state index contributed by atoms with van der Waals surface area (Å²) in [5.74, 6) is 0. The van der Waals surface area contributed by atoms with E-state index in [0.717, 1.165) is 6.54 Å². The number of aromatic nitrogens is 3. The van der Waals surface area contributed by atoms with Crippen LogP contribution < -0.4 is 5.32 Å². The van der Waals surface area contributed by atoms with E-state index in [4.69, 9.17) is 0 Å². The molecule has 2 aromatic rings. The minimum Gasteiger partial charge on any atom is -0.330 e. The van der Waals surface area contributed by atoms with E-state index in [-0.39, 0.29) is 0 Å². The smallest absolute Gasteiger partial charge is 0.0951 e. The second-order valence-corrected chi connectivity index (χ2v) is 4.91. The Hall–Kier alpha value is -1.68. The van der Waals surface area contributed by atoms with Crippen LogP contribution >= 0.6 is 0 Å². The molecule has 4 heteroatoms. The zero-order valence-electron chi connectivity index (χ0n) is 10.6. The topological polar surface area (TPSA) is 42.7 Å². The van der Waals surface area contributed by atoms with E-state index in [1.807, 2.05) is 24.8 Å². The first-order chi connectivity index (χ1) is 8.84. The molecule has 2 heterocycles. The Balaban J connectivity index is 1.62. The van der Waals surface area contributed by atoms with Gasteiger partial charge in [-0.3, -0.25) is 4.98 Å². The fraction of sp³-hybridized carbons (Fsp3) is 0.429. The highest BCUT2D eigenvalue weighted by atomic mass is 15.1. The molecule has 0 spiro atoms. The Morgan fingerprint density at radius 3 is 3.00 bits per heavy atom. The summed E-state index contributed by atoms with van der Waals surface area (Å²) in [5.41, 5.74) is 2.49. The van der Waals surface area contributed by atoms with E-state index in [9.17, 15) is 0 Å². The average molecular weight is 242 g/mol. The Morgan fingerprint density at radius 2 is 2.28 bits per heavy atom. The van der Waals surface area contributed by atoms with Crippen LogP contribution in [0.5, 0.6) is 0 Å². The van der Waals surface area contributed by atoms with Crippen LogP contribution in [0.4, 0.5) is 0 Å². The molecule has 1 aliphatic carbocycles. The lowest BCUT2D eigenvalue weighted by Gasteiger charge is -2.14. The summed E-state index contributed by atoms with van der Waals surface area (Å²) in [6, 6.07) is 5.07. The molecule has 1 aliphatic rings. The van der Waals surface area contributed by atoms with Crippen LogP contribution in [-0.2, 0) is 6.54 Å². The van der Waals surface area contributed by atoms with Crippen LogP contribution in [0.1, 0.15) is 43.1 Å². The summed E-state index contributed by atoms with van der Waals surface area (Å²) < 4.78 is 2.29. The number of imidazole rings is 1. The van der Waals surface area contributed by atoms with Gasteiger partial charge >= 0.3 is 0 Å². The van der Waals surface area contributed by atoms with Crippen LogP contribution in [0.15, 0.2) is 37.1 Å². The standard InChI is InChI=1S/C14H18N4/c1-11(12-3-2-6-15-7-12)17-9-14-8-16-10-18(14)13-4-5-13/h2-3,6-8,10-11,13,17H,4-5,9H2,1H3/t11-/m1/s1. The summed E-state index contributed by atoms with van der Waals surface area (Å²) in [6.07, 6.45) is 10.2. The van der Waals surface area contributed by atoms with Crippen molar-refractivity contribution in [3.63, 3.8) is 0 Å². The van der Waals surface area contributed by atoms with Gasteiger partial charge in [-0.15, -0.1) is 0 Å². The summed E-state index contributed by atoms with van der Waals surface area (Å²) in [4.78, 5) is 8.39. The van der Waals surface area contributed by atoms with Gasteiger partial charge in [-0.2, -0.15) is 0 Å². The first-order valence-corrected chi connectivity index (χ1v) is 6.48. The lowest BCUT2D eigenvalue weighted by molar-refractivity contribution is 0.546. The van der Waals surface area contributed by atoms with Crippen molar-refractivity contribution in [3.05, 3.63) is 48.3 Å². The molecule has 1 fully saturated rings. The highest BCUT2D eigenvalue weighted by molar-refractivity contribution is 5.13. The lowest BCUT2D eigenvalue weighted by atomic mass is 10.1. The molecule has 0 radical (unpaired) electrons. The monoisotopic (exact) mass is 242 g/mol. The predicted octanol–water partition coefficient (Wildman–Crippen LogP) is 2.46. The molecule has 1 atom stereocenters. The molecule has 1 N–H and O–H groups in total. The molecule has 0 bridgehead atoms. The third-order valence-corrected chi connectivity index (χ3v) is 3.46. The van der Waals surface area contributed by atoms with E-state index in [2.05, 4.69) is 32.8 Å². The second-order valence-electron chi connectivity index (χ2n) is 4.91. The van der Waals surface area contributed by atoms with Gasteiger partial charge in [0, 0.05) is 37.2 Å². The normalized spacial score (nSPS) is 16.7. The molecule has 3 rings (SSSR count). The quantitative estimate of drug-likeness (QED) is 0.875. The summed E-state index contributed by atoms with van der Waals surface area (Å²) in [5, 5.41) is 3.52. The molecule has 0 saturated heterocycles. The zero-order valence-corrected chi connectivity index (χ0v) is 10.6. The lowest BCUT2D eigenvalue weighted by Crippen LogP contribution is -2.20. The van der Waals surface area contributed by atoms with E-state index >= 15 is 0 Å². The average Bonchev–Trinajstić information content (AvgIpc) is 3.16. The first-order valence-electron chi connectivity index (χ1n) is 6.48. The van der Waals surface area contributed by atoms with E-state index < -0.39 is 0 Å². The van der Waals surface area contributed by atoms with Crippen LogP contribution in [0.25, 0.3) is 0 Å². The number of pyridine rings is 1. The van der Waals surface area contributed by atoms with Gasteiger partial charge in [0.05, 0.1) is 12.0 Å². The Morgan fingerprint density at radius 1 is 1.39 bits per heavy atom. The fourth-order valence-electron chi connectivity index (χ4n) is 2.16. The second kappa shape index (κ2) is 4.90. The molecule has 18 heavy (non-hydrogen) atoms. The summed E-state index contributed by atoms with van der Waals surface area (Å²) in [7, 11) is 0. The molecule has 0 aliphatic heterocycles. The van der Waals surface area contributed by atoms with E-state index in [1.165, 1.54) is 24.1 Å². The highest BCUT2D eigenvalue weighted by Gasteiger charge is 2.25. The molecule has 1 saturated carbocycles. The summed E-state index contributed by atoms with van der Waals surface area (Å²) in [6.45, 7) is 3.02. The van der Waals surface area contributed by atoms with Gasteiger partial charge < -0.3 is 9.88 Å². The van der Waals surface area contributed by atoms with Crippen molar-refractivity contribution in [2.45, 2.75) is 38.4 Å². The van der Waals surface area contributed by atoms with Crippen molar-refractivity contribution in [1.29, 1.82) is 0 Å². The van der Waals surface area contributed by atoms with Crippen molar-refractivity contribution in [1.82, 2.24) is 19.9 Å². The SMILES string of the molecule is C[C@@H](NCc1cncn1C1CC1)c1cccnc1. The predicted molar refractivity (Wildman–Crippen MR) is 70.0 cm³/mol. The maximum atomic E-state index is 4.24. The third-order valence-electron chi connectivity index (χ3n) is 3.46. The number of hydrogen-bond donors (Lipinski definition) is 1. The van der Waals surface area contributed by atoms with Crippen molar-refractivity contribution in [2.24, 2.45) is 0 Å². The third kappa shape index (κ3) is 2.43. The van der Waals surface area contributed by atoms with E-state index in [0.29, 0.717) is 12.1 Å². The molecule has 0 amide bonds. The van der Waals surface area contributed by atoms with Gasteiger partial charge in [-0.05, 0) is 31.4 Å². The van der Waals surface area contributed by atoms with Gasteiger partial charge in [-0.1, -0.05) is 6.07 Å². The maximum Gasteiger partial charge on any atom is 0.0951 e. The van der Waals surface area contributed by atoms with Crippen LogP contribution in [-0.4, -0.2) is 14.5 Å². The van der Waals surface area contributed by atoms with Gasteiger partial charge in [-0.25, -0.2) is 4.98 Å². The Bertz CT molecular complexity index is 502. The Labute approximate surface area is 107 Å². The highest BCUT2D eigenvalue weighted by Crippen LogP contribution is 2.35. The molecular weight excluding hydrogens is 224 g/mol. The minimum atomic E-state index is 0.307. The van der Waals surface area contributed by atoms with Crippen LogP contribution in [0.3, 0.4) is 0 Å². The van der Waals surface area contributed by atoms with E-state index in [1.54, 1.807) is 6.20 Å². The van der Waals surface area contributed by atoms with Crippen molar-refractivity contribution < 1.29 is 0 Å². The molecule has 94 valence electrons. The number of rotatable bonds is 5. The first kappa shape index (κ1) is 11.4. The number of hydrogen-bond acceptors (Lipinski definition) is 3. The fourth-order valence-corrected chi connectivity index (χ4v) is 2.16. The molecule has 4 nitrogen and oxygen atoms in total. The van der Waals surface area contributed by atoms with Crippen molar-refractivity contribution >= 4 is 0 Å². The number of nitrogens with one attached hydrogen (secondary N) is 1.